The highest BCUT2D eigenvalue weighted by Gasteiger charge is 2.15. The summed E-state index contributed by atoms with van der Waals surface area (Å²) in [6.07, 6.45) is 1.98. The molecule has 0 spiro atoms. The minimum atomic E-state index is -0.137. The molecule has 0 bridgehead atoms. The van der Waals surface area contributed by atoms with E-state index < -0.39 is 0 Å². The smallest absolute Gasteiger partial charge is 0.320 e. The predicted molar refractivity (Wildman–Crippen MR) is 120 cm³/mol. The van der Waals surface area contributed by atoms with Crippen molar-refractivity contribution in [2.24, 2.45) is 0 Å². The van der Waals surface area contributed by atoms with Crippen molar-refractivity contribution in [2.75, 3.05) is 32.5 Å². The standard InChI is InChI=1S/C22H29Cl2N3O/c1-16-11-17(2)13-18(12-16)15-27(10-6-5-9-26(3)4)22(28)25-19-7-8-20(23)21(24)14-19/h7-8,11-14H,5-6,9-10,15H2,1-4H3,(H,25,28). The van der Waals surface area contributed by atoms with Crippen molar-refractivity contribution in [3.63, 3.8) is 0 Å². The zero-order valence-corrected chi connectivity index (χ0v) is 18.6. The molecule has 0 saturated heterocycles. The zero-order valence-electron chi connectivity index (χ0n) is 17.1. The SMILES string of the molecule is Cc1cc(C)cc(CN(CCCCN(C)C)C(=O)Nc2ccc(Cl)c(Cl)c2)c1. The number of urea groups is 1. The Morgan fingerprint density at radius 1 is 0.929 bits per heavy atom. The number of anilines is 1. The van der Waals surface area contributed by atoms with Crippen molar-refractivity contribution >= 4 is 34.9 Å². The summed E-state index contributed by atoms with van der Waals surface area (Å²) in [5.41, 5.74) is 4.17. The van der Waals surface area contributed by atoms with Crippen LogP contribution in [0.5, 0.6) is 0 Å². The van der Waals surface area contributed by atoms with Gasteiger partial charge in [0.2, 0.25) is 0 Å². The number of hydrogen-bond acceptors (Lipinski definition) is 2. The third kappa shape index (κ3) is 7.34. The highest BCUT2D eigenvalue weighted by atomic mass is 35.5. The first-order valence-electron chi connectivity index (χ1n) is 9.47. The van der Waals surface area contributed by atoms with E-state index in [1.54, 1.807) is 18.2 Å². The van der Waals surface area contributed by atoms with E-state index in [4.69, 9.17) is 23.2 Å². The van der Waals surface area contributed by atoms with Gasteiger partial charge in [-0.1, -0.05) is 52.5 Å². The molecule has 2 amide bonds. The first kappa shape index (κ1) is 22.5. The molecule has 0 atom stereocenters. The normalized spacial score (nSPS) is 11.0. The van der Waals surface area contributed by atoms with Crippen LogP contribution in [0.15, 0.2) is 36.4 Å². The molecule has 2 aromatic carbocycles. The van der Waals surface area contributed by atoms with Crippen molar-refractivity contribution in [3.8, 4) is 0 Å². The Labute approximate surface area is 178 Å². The summed E-state index contributed by atoms with van der Waals surface area (Å²) in [6.45, 7) is 6.42. The number of aryl methyl sites for hydroxylation is 2. The van der Waals surface area contributed by atoms with E-state index in [-0.39, 0.29) is 6.03 Å². The van der Waals surface area contributed by atoms with E-state index >= 15 is 0 Å². The maximum atomic E-state index is 12.9. The monoisotopic (exact) mass is 421 g/mol. The second-order valence-corrected chi connectivity index (χ2v) is 8.30. The van der Waals surface area contributed by atoms with E-state index in [0.29, 0.717) is 28.8 Å². The van der Waals surface area contributed by atoms with Crippen LogP contribution in [-0.2, 0) is 6.54 Å². The molecule has 0 fully saturated rings. The summed E-state index contributed by atoms with van der Waals surface area (Å²) in [4.78, 5) is 16.9. The molecule has 4 nitrogen and oxygen atoms in total. The van der Waals surface area contributed by atoms with Gasteiger partial charge in [-0.3, -0.25) is 0 Å². The van der Waals surface area contributed by atoms with Crippen LogP contribution in [0.25, 0.3) is 0 Å². The average Bonchev–Trinajstić information content (AvgIpc) is 2.59. The van der Waals surface area contributed by atoms with Gasteiger partial charge in [0, 0.05) is 18.8 Å². The van der Waals surface area contributed by atoms with Crippen LogP contribution in [0, 0.1) is 13.8 Å². The lowest BCUT2D eigenvalue weighted by molar-refractivity contribution is 0.207. The minimum Gasteiger partial charge on any atom is -0.320 e. The van der Waals surface area contributed by atoms with Crippen molar-refractivity contribution < 1.29 is 4.79 Å². The zero-order chi connectivity index (χ0) is 20.7. The van der Waals surface area contributed by atoms with Crippen LogP contribution >= 0.6 is 23.2 Å². The largest absolute Gasteiger partial charge is 0.322 e. The Morgan fingerprint density at radius 3 is 2.18 bits per heavy atom. The molecule has 0 heterocycles. The molecule has 0 saturated carbocycles. The summed E-state index contributed by atoms with van der Waals surface area (Å²) >= 11 is 12.0. The Balaban J connectivity index is 2.10. The summed E-state index contributed by atoms with van der Waals surface area (Å²) < 4.78 is 0. The first-order valence-corrected chi connectivity index (χ1v) is 10.2. The lowest BCUT2D eigenvalue weighted by Gasteiger charge is -2.24. The molecule has 0 radical (unpaired) electrons. The molecule has 6 heteroatoms. The number of unbranched alkanes of at least 4 members (excludes halogenated alkanes) is 1. The highest BCUT2D eigenvalue weighted by molar-refractivity contribution is 6.42. The Morgan fingerprint density at radius 2 is 1.57 bits per heavy atom. The molecule has 28 heavy (non-hydrogen) atoms. The lowest BCUT2D eigenvalue weighted by atomic mass is 10.1. The van der Waals surface area contributed by atoms with Crippen LogP contribution in [-0.4, -0.2) is 43.0 Å². The van der Waals surface area contributed by atoms with Crippen molar-refractivity contribution in [2.45, 2.75) is 33.2 Å². The quantitative estimate of drug-likeness (QED) is 0.531. The van der Waals surface area contributed by atoms with Gasteiger partial charge in [-0.2, -0.15) is 0 Å². The predicted octanol–water partition coefficient (Wildman–Crippen LogP) is 5.99. The third-order valence-corrected chi connectivity index (χ3v) is 5.14. The summed E-state index contributed by atoms with van der Waals surface area (Å²) in [7, 11) is 4.12. The molecule has 1 N–H and O–H groups in total. The fourth-order valence-electron chi connectivity index (χ4n) is 3.14. The van der Waals surface area contributed by atoms with Crippen molar-refractivity contribution in [1.82, 2.24) is 9.80 Å². The van der Waals surface area contributed by atoms with Gasteiger partial charge in [-0.25, -0.2) is 4.79 Å². The average molecular weight is 422 g/mol. The maximum Gasteiger partial charge on any atom is 0.322 e. The number of halogens is 2. The fourth-order valence-corrected chi connectivity index (χ4v) is 3.44. The van der Waals surface area contributed by atoms with Gasteiger partial charge in [0.25, 0.3) is 0 Å². The van der Waals surface area contributed by atoms with Gasteiger partial charge < -0.3 is 15.1 Å². The van der Waals surface area contributed by atoms with Crippen molar-refractivity contribution in [1.29, 1.82) is 0 Å². The number of amides is 2. The van der Waals surface area contributed by atoms with Gasteiger partial charge in [-0.15, -0.1) is 0 Å². The van der Waals surface area contributed by atoms with E-state index in [1.807, 2.05) is 4.90 Å². The van der Waals surface area contributed by atoms with E-state index in [1.165, 1.54) is 11.1 Å². The third-order valence-electron chi connectivity index (χ3n) is 4.40. The van der Waals surface area contributed by atoms with Gasteiger partial charge in [0.1, 0.15) is 0 Å². The Kier molecular flexibility index (Phi) is 8.61. The topological polar surface area (TPSA) is 35.6 Å². The second kappa shape index (κ2) is 10.7. The Hall–Kier alpha value is -1.75. The van der Waals surface area contributed by atoms with Gasteiger partial charge in [-0.05, 0) is 71.1 Å². The minimum absolute atomic E-state index is 0.137. The maximum absolute atomic E-state index is 12.9. The lowest BCUT2D eigenvalue weighted by Crippen LogP contribution is -2.35. The Bertz CT molecular complexity index is 788. The first-order chi connectivity index (χ1) is 13.2. The van der Waals surface area contributed by atoms with Crippen LogP contribution in [0.3, 0.4) is 0 Å². The molecule has 0 aliphatic heterocycles. The highest BCUT2D eigenvalue weighted by Crippen LogP contribution is 2.25. The van der Waals surface area contributed by atoms with Gasteiger partial charge >= 0.3 is 6.03 Å². The van der Waals surface area contributed by atoms with E-state index in [0.717, 1.165) is 24.9 Å². The van der Waals surface area contributed by atoms with Gasteiger partial charge in [0.05, 0.1) is 10.0 Å². The molecule has 0 aromatic heterocycles. The van der Waals surface area contributed by atoms with Crippen LogP contribution in [0.1, 0.15) is 29.5 Å². The van der Waals surface area contributed by atoms with Crippen molar-refractivity contribution in [3.05, 3.63) is 63.1 Å². The second-order valence-electron chi connectivity index (χ2n) is 7.49. The number of hydrogen-bond donors (Lipinski definition) is 1. The van der Waals surface area contributed by atoms with Crippen LogP contribution in [0.4, 0.5) is 10.5 Å². The van der Waals surface area contributed by atoms with Gasteiger partial charge in [0.15, 0.2) is 0 Å². The summed E-state index contributed by atoms with van der Waals surface area (Å²) in [6, 6.07) is 11.4. The fraction of sp³-hybridized carbons (Fsp3) is 0.409. The number of carbonyl (C=O) groups is 1. The molecule has 2 rings (SSSR count). The summed E-state index contributed by atoms with van der Waals surface area (Å²) in [5.74, 6) is 0. The number of carbonyl (C=O) groups excluding carboxylic acids is 1. The number of nitrogens with zero attached hydrogens (tertiary/aromatic N) is 2. The number of benzene rings is 2. The molecule has 0 aliphatic rings. The van der Waals surface area contributed by atoms with E-state index in [9.17, 15) is 4.79 Å². The molecule has 0 unspecified atom stereocenters. The van der Waals surface area contributed by atoms with E-state index in [2.05, 4.69) is 56.4 Å². The van der Waals surface area contributed by atoms with Crippen LogP contribution in [0.2, 0.25) is 10.0 Å². The molecule has 0 aliphatic carbocycles. The number of nitrogens with one attached hydrogen (secondary N) is 1. The van der Waals surface area contributed by atoms with Crippen LogP contribution < -0.4 is 5.32 Å². The summed E-state index contributed by atoms with van der Waals surface area (Å²) in [5, 5.41) is 3.83. The molecule has 152 valence electrons. The number of rotatable bonds is 8. The molecular formula is C22H29Cl2N3O. The molecular weight excluding hydrogens is 393 g/mol. The molecule has 2 aromatic rings.